The fourth-order valence-electron chi connectivity index (χ4n) is 0.858. The molecular weight excluding hydrogens is 288 g/mol. The van der Waals surface area contributed by atoms with E-state index in [0.29, 0.717) is 11.1 Å². The summed E-state index contributed by atoms with van der Waals surface area (Å²) in [5, 5.41) is 0.630. The Kier molecular flexibility index (Phi) is 2.41. The number of rotatable bonds is 2. The van der Waals surface area contributed by atoms with Gasteiger partial charge in [0, 0.05) is 12.3 Å². The zero-order valence-corrected chi connectivity index (χ0v) is 9.17. The molecular formula is C8H7ClINO. The molecule has 1 aliphatic rings. The van der Waals surface area contributed by atoms with Gasteiger partial charge < -0.3 is 4.74 Å². The lowest BCUT2D eigenvalue weighted by atomic mass is 10.4. The largest absolute Gasteiger partial charge is 0.489 e. The van der Waals surface area contributed by atoms with Crippen LogP contribution in [0.1, 0.15) is 12.8 Å². The van der Waals surface area contributed by atoms with Gasteiger partial charge in [-0.15, -0.1) is 0 Å². The highest BCUT2D eigenvalue weighted by Crippen LogP contribution is 2.33. The molecule has 1 aromatic rings. The average molecular weight is 296 g/mol. The molecule has 4 heteroatoms. The summed E-state index contributed by atoms with van der Waals surface area (Å²) < 4.78 is 6.36. The SMILES string of the molecule is Clc1c(OC2CC2)ccnc1I. The molecule has 0 N–H and O–H groups in total. The summed E-state index contributed by atoms with van der Waals surface area (Å²) in [6.45, 7) is 0. The van der Waals surface area contributed by atoms with Crippen molar-refractivity contribution < 1.29 is 4.74 Å². The van der Waals surface area contributed by atoms with Crippen LogP contribution in [0.5, 0.6) is 5.75 Å². The Balaban J connectivity index is 2.23. The lowest BCUT2D eigenvalue weighted by molar-refractivity contribution is 0.303. The molecule has 1 aromatic heterocycles. The molecule has 64 valence electrons. The van der Waals surface area contributed by atoms with Crippen molar-refractivity contribution in [3.8, 4) is 5.75 Å². The van der Waals surface area contributed by atoms with E-state index in [1.54, 1.807) is 6.20 Å². The van der Waals surface area contributed by atoms with Crippen molar-refractivity contribution in [3.05, 3.63) is 21.0 Å². The van der Waals surface area contributed by atoms with Gasteiger partial charge in [-0.25, -0.2) is 4.98 Å². The first-order chi connectivity index (χ1) is 5.77. The zero-order chi connectivity index (χ0) is 8.55. The number of hydrogen-bond donors (Lipinski definition) is 0. The Morgan fingerprint density at radius 2 is 2.33 bits per heavy atom. The molecule has 0 bridgehead atoms. The molecule has 0 unspecified atom stereocenters. The van der Waals surface area contributed by atoms with Crippen LogP contribution in [0.2, 0.25) is 5.02 Å². The van der Waals surface area contributed by atoms with E-state index in [1.165, 1.54) is 0 Å². The van der Waals surface area contributed by atoms with E-state index >= 15 is 0 Å². The number of halogens is 2. The number of hydrogen-bond acceptors (Lipinski definition) is 2. The third-order valence-corrected chi connectivity index (χ3v) is 3.13. The van der Waals surface area contributed by atoms with Gasteiger partial charge in [0.2, 0.25) is 0 Å². The van der Waals surface area contributed by atoms with E-state index in [0.717, 1.165) is 22.3 Å². The first-order valence-corrected chi connectivity index (χ1v) is 5.19. The molecule has 1 heterocycles. The minimum Gasteiger partial charge on any atom is -0.489 e. The highest BCUT2D eigenvalue weighted by Gasteiger charge is 2.24. The number of aromatic nitrogens is 1. The molecule has 0 aliphatic heterocycles. The molecule has 0 amide bonds. The summed E-state index contributed by atoms with van der Waals surface area (Å²) in [6, 6.07) is 1.81. The standard InChI is InChI=1S/C8H7ClINO/c9-7-6(12-5-1-2-5)3-4-11-8(7)10/h3-5H,1-2H2. The number of ether oxygens (including phenoxy) is 1. The zero-order valence-electron chi connectivity index (χ0n) is 6.26. The second-order valence-electron chi connectivity index (χ2n) is 2.73. The maximum atomic E-state index is 5.97. The molecule has 0 spiro atoms. The van der Waals surface area contributed by atoms with Gasteiger partial charge in [0.1, 0.15) is 14.5 Å². The normalized spacial score (nSPS) is 16.2. The maximum absolute atomic E-state index is 5.97. The summed E-state index contributed by atoms with van der Waals surface area (Å²) in [6.07, 6.45) is 4.40. The Hall–Kier alpha value is -0.0300. The molecule has 1 saturated carbocycles. The van der Waals surface area contributed by atoms with Crippen molar-refractivity contribution in [2.24, 2.45) is 0 Å². The molecule has 12 heavy (non-hydrogen) atoms. The van der Waals surface area contributed by atoms with E-state index in [9.17, 15) is 0 Å². The van der Waals surface area contributed by atoms with Crippen LogP contribution < -0.4 is 4.74 Å². The van der Waals surface area contributed by atoms with Crippen LogP contribution in [-0.4, -0.2) is 11.1 Å². The Morgan fingerprint density at radius 3 is 3.00 bits per heavy atom. The van der Waals surface area contributed by atoms with Gasteiger partial charge >= 0.3 is 0 Å². The van der Waals surface area contributed by atoms with Crippen molar-refractivity contribution >= 4 is 34.2 Å². The number of nitrogens with zero attached hydrogens (tertiary/aromatic N) is 1. The summed E-state index contributed by atoms with van der Waals surface area (Å²) >= 11 is 8.06. The summed E-state index contributed by atoms with van der Waals surface area (Å²) in [4.78, 5) is 4.04. The Labute approximate surface area is 89.4 Å². The van der Waals surface area contributed by atoms with Gasteiger partial charge in [0.05, 0.1) is 6.10 Å². The molecule has 0 atom stereocenters. The predicted molar refractivity (Wildman–Crippen MR) is 55.6 cm³/mol. The van der Waals surface area contributed by atoms with Crippen molar-refractivity contribution in [3.63, 3.8) is 0 Å². The summed E-state index contributed by atoms with van der Waals surface area (Å²) in [5.74, 6) is 0.763. The van der Waals surface area contributed by atoms with E-state index in [2.05, 4.69) is 27.6 Å². The summed E-state index contributed by atoms with van der Waals surface area (Å²) in [5.41, 5.74) is 0. The van der Waals surface area contributed by atoms with Crippen LogP contribution >= 0.6 is 34.2 Å². The fourth-order valence-corrected chi connectivity index (χ4v) is 1.44. The third-order valence-electron chi connectivity index (χ3n) is 1.63. The molecule has 1 aliphatic carbocycles. The molecule has 0 radical (unpaired) electrons. The van der Waals surface area contributed by atoms with Crippen LogP contribution in [0.3, 0.4) is 0 Å². The predicted octanol–water partition coefficient (Wildman–Crippen LogP) is 2.88. The Morgan fingerprint density at radius 1 is 1.58 bits per heavy atom. The quantitative estimate of drug-likeness (QED) is 0.618. The first kappa shape index (κ1) is 8.56. The van der Waals surface area contributed by atoms with Crippen molar-refractivity contribution in [2.45, 2.75) is 18.9 Å². The van der Waals surface area contributed by atoms with Crippen LogP contribution in [0, 0.1) is 3.70 Å². The first-order valence-electron chi connectivity index (χ1n) is 3.74. The van der Waals surface area contributed by atoms with Crippen LogP contribution in [0.4, 0.5) is 0 Å². The maximum Gasteiger partial charge on any atom is 0.142 e. The van der Waals surface area contributed by atoms with Crippen molar-refractivity contribution in [1.29, 1.82) is 0 Å². The van der Waals surface area contributed by atoms with Gasteiger partial charge in [-0.3, -0.25) is 0 Å². The van der Waals surface area contributed by atoms with Gasteiger partial charge in [-0.05, 0) is 35.4 Å². The van der Waals surface area contributed by atoms with Gasteiger partial charge in [-0.2, -0.15) is 0 Å². The summed E-state index contributed by atoms with van der Waals surface area (Å²) in [7, 11) is 0. The monoisotopic (exact) mass is 295 g/mol. The van der Waals surface area contributed by atoms with Gasteiger partial charge in [-0.1, -0.05) is 11.6 Å². The van der Waals surface area contributed by atoms with Gasteiger partial charge in [0.25, 0.3) is 0 Å². The molecule has 2 rings (SSSR count). The van der Waals surface area contributed by atoms with Crippen molar-refractivity contribution in [2.75, 3.05) is 0 Å². The second kappa shape index (κ2) is 3.38. The van der Waals surface area contributed by atoms with E-state index in [1.807, 2.05) is 6.07 Å². The highest BCUT2D eigenvalue weighted by molar-refractivity contribution is 14.1. The van der Waals surface area contributed by atoms with Gasteiger partial charge in [0.15, 0.2) is 0 Å². The molecule has 0 aromatic carbocycles. The van der Waals surface area contributed by atoms with Crippen LogP contribution in [0.25, 0.3) is 0 Å². The van der Waals surface area contributed by atoms with E-state index in [4.69, 9.17) is 16.3 Å². The molecule has 2 nitrogen and oxygen atoms in total. The highest BCUT2D eigenvalue weighted by atomic mass is 127. The lowest BCUT2D eigenvalue weighted by Crippen LogP contribution is -1.97. The third kappa shape index (κ3) is 1.82. The lowest BCUT2D eigenvalue weighted by Gasteiger charge is -2.06. The van der Waals surface area contributed by atoms with Crippen molar-refractivity contribution in [1.82, 2.24) is 4.98 Å². The van der Waals surface area contributed by atoms with E-state index < -0.39 is 0 Å². The van der Waals surface area contributed by atoms with Crippen LogP contribution in [0.15, 0.2) is 12.3 Å². The Bertz CT molecular complexity index is 301. The number of pyridine rings is 1. The minimum atomic E-state index is 0.390. The van der Waals surface area contributed by atoms with E-state index in [-0.39, 0.29) is 0 Å². The van der Waals surface area contributed by atoms with Crippen LogP contribution in [-0.2, 0) is 0 Å². The minimum absolute atomic E-state index is 0.390. The molecule has 1 fully saturated rings. The smallest absolute Gasteiger partial charge is 0.142 e. The second-order valence-corrected chi connectivity index (χ2v) is 4.13. The average Bonchev–Trinajstić information content (AvgIpc) is 2.83. The topological polar surface area (TPSA) is 22.1 Å². The molecule has 0 saturated heterocycles. The fraction of sp³-hybridized carbons (Fsp3) is 0.375.